The molecule has 4 aliphatic carbocycles. The standard InChI is InChI=1S/2C9H12/c1-2-9-5-3-8(7-9)4-6-9;1-2-5-9-7-3-6-8(9)4-1/h2-3,5,8H,1,4,6-7H2;1-2,4,9H,3,5-7H2. The summed E-state index contributed by atoms with van der Waals surface area (Å²) in [6.45, 7) is 3.86. The van der Waals surface area contributed by atoms with Gasteiger partial charge in [0.15, 0.2) is 0 Å². The predicted octanol–water partition coefficient (Wildman–Crippen LogP) is 5.20. The van der Waals surface area contributed by atoms with Crippen molar-refractivity contribution in [1.29, 1.82) is 0 Å². The quantitative estimate of drug-likeness (QED) is 0.552. The molecule has 0 radical (unpaired) electrons. The molecule has 96 valence electrons. The van der Waals surface area contributed by atoms with Crippen molar-refractivity contribution in [2.24, 2.45) is 17.3 Å². The zero-order valence-corrected chi connectivity index (χ0v) is 11.3. The zero-order chi connectivity index (χ0) is 12.4. The van der Waals surface area contributed by atoms with E-state index in [-0.39, 0.29) is 0 Å². The molecule has 2 saturated carbocycles. The van der Waals surface area contributed by atoms with Gasteiger partial charge in [0.05, 0.1) is 0 Å². The molecule has 0 N–H and O–H groups in total. The summed E-state index contributed by atoms with van der Waals surface area (Å²) < 4.78 is 0. The molecular formula is C18H24. The van der Waals surface area contributed by atoms with Crippen molar-refractivity contribution < 1.29 is 0 Å². The van der Waals surface area contributed by atoms with Crippen LogP contribution in [-0.4, -0.2) is 0 Å². The molecule has 0 saturated heterocycles. The van der Waals surface area contributed by atoms with Crippen LogP contribution < -0.4 is 0 Å². The van der Waals surface area contributed by atoms with Crippen molar-refractivity contribution in [2.45, 2.75) is 44.9 Å². The molecule has 0 nitrogen and oxygen atoms in total. The first-order valence-corrected chi connectivity index (χ1v) is 7.50. The van der Waals surface area contributed by atoms with E-state index < -0.39 is 0 Å². The van der Waals surface area contributed by atoms with E-state index in [0.717, 1.165) is 11.8 Å². The highest BCUT2D eigenvalue weighted by molar-refractivity contribution is 5.23. The smallest absolute Gasteiger partial charge is 0.00642 e. The molecule has 0 amide bonds. The van der Waals surface area contributed by atoms with Gasteiger partial charge in [-0.25, -0.2) is 0 Å². The average Bonchev–Trinajstić information content (AvgIpc) is 3.15. The van der Waals surface area contributed by atoms with Gasteiger partial charge < -0.3 is 0 Å². The van der Waals surface area contributed by atoms with Crippen LogP contribution in [0.4, 0.5) is 0 Å². The summed E-state index contributed by atoms with van der Waals surface area (Å²) in [4.78, 5) is 0. The number of fused-ring (bicyclic) bond motifs is 3. The minimum absolute atomic E-state index is 0.435. The lowest BCUT2D eigenvalue weighted by molar-refractivity contribution is 0.525. The van der Waals surface area contributed by atoms with Crippen LogP contribution in [0.25, 0.3) is 0 Å². The summed E-state index contributed by atoms with van der Waals surface area (Å²) in [6.07, 6.45) is 23.2. The minimum atomic E-state index is 0.435. The van der Waals surface area contributed by atoms with Crippen LogP contribution in [0, 0.1) is 17.3 Å². The molecule has 0 spiro atoms. The topological polar surface area (TPSA) is 0 Å². The summed E-state index contributed by atoms with van der Waals surface area (Å²) in [5.74, 6) is 1.83. The van der Waals surface area contributed by atoms with Crippen LogP contribution in [0.5, 0.6) is 0 Å². The number of rotatable bonds is 1. The fraction of sp³-hybridized carbons (Fsp3) is 0.556. The van der Waals surface area contributed by atoms with Gasteiger partial charge in [0.25, 0.3) is 0 Å². The molecule has 0 heterocycles. The Kier molecular flexibility index (Phi) is 3.28. The lowest BCUT2D eigenvalue weighted by Gasteiger charge is -2.16. The summed E-state index contributed by atoms with van der Waals surface area (Å²) >= 11 is 0. The SMILES string of the molecule is C1=CCC2CCCC2=C1.C=CC12C=CC(CC1)C2. The molecule has 2 fully saturated rings. The van der Waals surface area contributed by atoms with Gasteiger partial charge in [0.1, 0.15) is 0 Å². The van der Waals surface area contributed by atoms with E-state index in [9.17, 15) is 0 Å². The Morgan fingerprint density at radius 3 is 2.83 bits per heavy atom. The predicted molar refractivity (Wildman–Crippen MR) is 78.3 cm³/mol. The van der Waals surface area contributed by atoms with E-state index >= 15 is 0 Å². The Balaban J connectivity index is 0.000000111. The number of hydrogen-bond acceptors (Lipinski definition) is 0. The Hall–Kier alpha value is -1.04. The zero-order valence-electron chi connectivity index (χ0n) is 11.3. The molecule has 2 bridgehead atoms. The van der Waals surface area contributed by atoms with Gasteiger partial charge in [-0.05, 0) is 56.8 Å². The van der Waals surface area contributed by atoms with Gasteiger partial charge in [-0.1, -0.05) is 42.0 Å². The van der Waals surface area contributed by atoms with Gasteiger partial charge in [-0.2, -0.15) is 0 Å². The highest BCUT2D eigenvalue weighted by atomic mass is 14.4. The van der Waals surface area contributed by atoms with Crippen molar-refractivity contribution in [3.63, 3.8) is 0 Å². The first kappa shape index (κ1) is 12.0. The second kappa shape index (κ2) is 4.91. The van der Waals surface area contributed by atoms with Gasteiger partial charge in [-0.15, -0.1) is 6.58 Å². The maximum Gasteiger partial charge on any atom is 0.00642 e. The lowest BCUT2D eigenvalue weighted by atomic mass is 9.88. The van der Waals surface area contributed by atoms with Crippen LogP contribution in [0.1, 0.15) is 44.9 Å². The van der Waals surface area contributed by atoms with Crippen LogP contribution in [0.2, 0.25) is 0 Å². The van der Waals surface area contributed by atoms with Gasteiger partial charge >= 0.3 is 0 Å². The molecule has 0 aromatic rings. The maximum atomic E-state index is 3.86. The first-order chi connectivity index (χ1) is 8.81. The van der Waals surface area contributed by atoms with Crippen molar-refractivity contribution >= 4 is 0 Å². The van der Waals surface area contributed by atoms with Gasteiger partial charge in [0, 0.05) is 5.41 Å². The van der Waals surface area contributed by atoms with Gasteiger partial charge in [0.2, 0.25) is 0 Å². The van der Waals surface area contributed by atoms with Crippen molar-refractivity contribution in [2.75, 3.05) is 0 Å². The van der Waals surface area contributed by atoms with E-state index in [0.29, 0.717) is 5.41 Å². The van der Waals surface area contributed by atoms with E-state index in [1.54, 1.807) is 5.57 Å². The molecule has 3 unspecified atom stereocenters. The first-order valence-electron chi connectivity index (χ1n) is 7.50. The van der Waals surface area contributed by atoms with E-state index in [1.807, 2.05) is 0 Å². The summed E-state index contributed by atoms with van der Waals surface area (Å²) in [7, 11) is 0. The molecular weight excluding hydrogens is 216 g/mol. The molecule has 3 atom stereocenters. The summed E-state index contributed by atoms with van der Waals surface area (Å²) in [5.41, 5.74) is 2.14. The second-order valence-corrected chi connectivity index (χ2v) is 6.29. The van der Waals surface area contributed by atoms with Crippen LogP contribution in [-0.2, 0) is 0 Å². The van der Waals surface area contributed by atoms with Crippen LogP contribution in [0.15, 0.2) is 48.6 Å². The fourth-order valence-corrected chi connectivity index (χ4v) is 3.91. The largest absolute Gasteiger partial charge is 0.102 e. The number of hydrogen-bond donors (Lipinski definition) is 0. The second-order valence-electron chi connectivity index (χ2n) is 6.29. The molecule has 4 rings (SSSR count). The van der Waals surface area contributed by atoms with Gasteiger partial charge in [-0.3, -0.25) is 0 Å². The molecule has 0 aromatic heterocycles. The summed E-state index contributed by atoms with van der Waals surface area (Å²) in [5, 5.41) is 0. The molecule has 0 aromatic carbocycles. The average molecular weight is 240 g/mol. The van der Waals surface area contributed by atoms with Crippen LogP contribution >= 0.6 is 0 Å². The van der Waals surface area contributed by atoms with Crippen molar-refractivity contribution in [3.05, 3.63) is 48.6 Å². The fourth-order valence-electron chi connectivity index (χ4n) is 3.91. The molecule has 0 aliphatic heterocycles. The lowest BCUT2D eigenvalue weighted by Crippen LogP contribution is -2.05. The Bertz CT molecular complexity index is 410. The van der Waals surface area contributed by atoms with Crippen molar-refractivity contribution in [1.82, 2.24) is 0 Å². The Morgan fingerprint density at radius 1 is 1.33 bits per heavy atom. The van der Waals surface area contributed by atoms with Crippen LogP contribution in [0.3, 0.4) is 0 Å². The third-order valence-corrected chi connectivity index (χ3v) is 5.14. The third-order valence-electron chi connectivity index (χ3n) is 5.14. The molecule has 4 aliphatic rings. The van der Waals surface area contributed by atoms with E-state index in [2.05, 4.69) is 43.0 Å². The highest BCUT2D eigenvalue weighted by Gasteiger charge is 2.37. The summed E-state index contributed by atoms with van der Waals surface area (Å²) in [6, 6.07) is 0. The Morgan fingerprint density at radius 2 is 2.28 bits per heavy atom. The monoisotopic (exact) mass is 240 g/mol. The number of allylic oxidation sites excluding steroid dienone is 7. The minimum Gasteiger partial charge on any atom is -0.102 e. The molecule has 18 heavy (non-hydrogen) atoms. The Labute approximate surface area is 111 Å². The van der Waals surface area contributed by atoms with Crippen molar-refractivity contribution in [3.8, 4) is 0 Å². The maximum absolute atomic E-state index is 3.86. The normalized spacial score (nSPS) is 39.0. The highest BCUT2D eigenvalue weighted by Crippen LogP contribution is 2.49. The third kappa shape index (κ3) is 2.25. The van der Waals surface area contributed by atoms with E-state index in [1.165, 1.54) is 44.9 Å². The van der Waals surface area contributed by atoms with E-state index in [4.69, 9.17) is 0 Å². The molecule has 0 heteroatoms.